The molecule has 0 saturated carbocycles. The highest BCUT2D eigenvalue weighted by molar-refractivity contribution is 6.30. The van der Waals surface area contributed by atoms with Crippen LogP contribution in [0.1, 0.15) is 20.9 Å². The van der Waals surface area contributed by atoms with Crippen LogP contribution < -0.4 is 16.3 Å². The van der Waals surface area contributed by atoms with Crippen LogP contribution in [0.25, 0.3) is 21.9 Å². The zero-order chi connectivity index (χ0) is 22.9. The quantitative estimate of drug-likeness (QED) is 0.336. The first-order valence-corrected chi connectivity index (χ1v) is 10.3. The Morgan fingerprint density at radius 1 is 0.758 bits per heavy atom. The van der Waals surface area contributed by atoms with E-state index in [1.54, 1.807) is 72.8 Å². The number of hydrogen-bond donors (Lipinski definition) is 2. The summed E-state index contributed by atoms with van der Waals surface area (Å²) in [5.74, 6) is -1.40. The minimum absolute atomic E-state index is 0.107. The highest BCUT2D eigenvalue weighted by Gasteiger charge is 2.24. The SMILES string of the molecule is O=C(Nc1ccc(Cl)cc1)c1oc2ccccc2c1NC(=O)c1cc2ccccc2oc1=O. The zero-order valence-corrected chi connectivity index (χ0v) is 17.7. The van der Waals surface area contributed by atoms with Gasteiger partial charge in [0.05, 0.1) is 0 Å². The van der Waals surface area contributed by atoms with Gasteiger partial charge in [0.1, 0.15) is 22.4 Å². The molecular weight excluding hydrogens is 444 g/mol. The third-order valence-electron chi connectivity index (χ3n) is 5.03. The molecule has 8 heteroatoms. The summed E-state index contributed by atoms with van der Waals surface area (Å²) in [5, 5.41) is 7.00. The highest BCUT2D eigenvalue weighted by atomic mass is 35.5. The number of halogens is 1. The van der Waals surface area contributed by atoms with E-state index in [0.29, 0.717) is 32.6 Å². The topological polar surface area (TPSA) is 102 Å². The van der Waals surface area contributed by atoms with Gasteiger partial charge >= 0.3 is 5.63 Å². The molecule has 0 unspecified atom stereocenters. The van der Waals surface area contributed by atoms with Crippen molar-refractivity contribution in [3.05, 3.63) is 106 Å². The van der Waals surface area contributed by atoms with Crippen LogP contribution in [0.5, 0.6) is 0 Å². The molecule has 5 rings (SSSR count). The Bertz CT molecular complexity index is 1580. The number of para-hydroxylation sites is 2. The second-order valence-corrected chi connectivity index (χ2v) is 7.64. The lowest BCUT2D eigenvalue weighted by Crippen LogP contribution is -2.22. The molecule has 162 valence electrons. The van der Waals surface area contributed by atoms with Crippen LogP contribution in [-0.2, 0) is 0 Å². The number of hydrogen-bond acceptors (Lipinski definition) is 5. The second-order valence-electron chi connectivity index (χ2n) is 7.20. The van der Waals surface area contributed by atoms with Gasteiger partial charge in [-0.1, -0.05) is 41.9 Å². The lowest BCUT2D eigenvalue weighted by atomic mass is 10.1. The highest BCUT2D eigenvalue weighted by Crippen LogP contribution is 2.32. The first-order valence-electron chi connectivity index (χ1n) is 9.92. The predicted molar refractivity (Wildman–Crippen MR) is 126 cm³/mol. The summed E-state index contributed by atoms with van der Waals surface area (Å²) < 4.78 is 11.0. The van der Waals surface area contributed by atoms with Gasteiger partial charge in [-0.15, -0.1) is 0 Å². The van der Waals surface area contributed by atoms with Gasteiger partial charge in [-0.2, -0.15) is 0 Å². The van der Waals surface area contributed by atoms with Gasteiger partial charge in [-0.25, -0.2) is 4.79 Å². The van der Waals surface area contributed by atoms with E-state index in [1.807, 2.05) is 0 Å². The Kier molecular flexibility index (Phi) is 5.16. The van der Waals surface area contributed by atoms with Crippen molar-refractivity contribution >= 4 is 56.7 Å². The summed E-state index contributed by atoms with van der Waals surface area (Å²) in [7, 11) is 0. The summed E-state index contributed by atoms with van der Waals surface area (Å²) >= 11 is 5.90. The van der Waals surface area contributed by atoms with E-state index in [1.165, 1.54) is 6.07 Å². The van der Waals surface area contributed by atoms with Crippen molar-refractivity contribution in [2.75, 3.05) is 10.6 Å². The third kappa shape index (κ3) is 3.97. The molecule has 33 heavy (non-hydrogen) atoms. The predicted octanol–water partition coefficient (Wildman–Crippen LogP) is 5.70. The molecule has 2 aromatic heterocycles. The van der Waals surface area contributed by atoms with Crippen LogP contribution in [0.4, 0.5) is 11.4 Å². The van der Waals surface area contributed by atoms with Gasteiger partial charge in [-0.05, 0) is 48.5 Å². The second kappa shape index (κ2) is 8.29. The first kappa shape index (κ1) is 20.5. The maximum Gasteiger partial charge on any atom is 0.349 e. The molecule has 2 N–H and O–H groups in total. The average Bonchev–Trinajstić information content (AvgIpc) is 3.18. The number of amides is 2. The fourth-order valence-electron chi connectivity index (χ4n) is 3.45. The molecular formula is C25H15ClN2O5. The molecule has 3 aromatic carbocycles. The van der Waals surface area contributed by atoms with Crippen LogP contribution in [0.3, 0.4) is 0 Å². The lowest BCUT2D eigenvalue weighted by Gasteiger charge is -2.07. The molecule has 0 aliphatic carbocycles. The molecule has 0 aliphatic heterocycles. The van der Waals surface area contributed by atoms with Crippen molar-refractivity contribution in [1.29, 1.82) is 0 Å². The van der Waals surface area contributed by atoms with Crippen molar-refractivity contribution in [3.8, 4) is 0 Å². The molecule has 5 aromatic rings. The van der Waals surface area contributed by atoms with Gasteiger partial charge < -0.3 is 19.5 Å². The van der Waals surface area contributed by atoms with Gasteiger partial charge in [0.15, 0.2) is 0 Å². The fraction of sp³-hybridized carbons (Fsp3) is 0. The van der Waals surface area contributed by atoms with E-state index >= 15 is 0 Å². The van der Waals surface area contributed by atoms with Crippen molar-refractivity contribution < 1.29 is 18.4 Å². The molecule has 0 saturated heterocycles. The monoisotopic (exact) mass is 458 g/mol. The van der Waals surface area contributed by atoms with Crippen molar-refractivity contribution in [1.82, 2.24) is 0 Å². The van der Waals surface area contributed by atoms with Gasteiger partial charge in [0, 0.05) is 21.5 Å². The molecule has 2 heterocycles. The molecule has 0 radical (unpaired) electrons. The van der Waals surface area contributed by atoms with Crippen molar-refractivity contribution in [2.24, 2.45) is 0 Å². The number of rotatable bonds is 4. The minimum atomic E-state index is -0.786. The Morgan fingerprint density at radius 2 is 1.45 bits per heavy atom. The van der Waals surface area contributed by atoms with Crippen LogP contribution in [0.2, 0.25) is 5.02 Å². The molecule has 0 aliphatic rings. The summed E-state index contributed by atoms with van der Waals surface area (Å²) in [5.41, 5.74) is 0.441. The largest absolute Gasteiger partial charge is 0.449 e. The minimum Gasteiger partial charge on any atom is -0.449 e. The number of nitrogens with one attached hydrogen (secondary N) is 2. The van der Waals surface area contributed by atoms with E-state index in [0.717, 1.165) is 0 Å². The maximum absolute atomic E-state index is 13.0. The number of furan rings is 1. The smallest absolute Gasteiger partial charge is 0.349 e. The first-order chi connectivity index (χ1) is 16.0. The Labute approximate surface area is 191 Å². The Morgan fingerprint density at radius 3 is 2.24 bits per heavy atom. The van der Waals surface area contributed by atoms with Crippen molar-refractivity contribution in [2.45, 2.75) is 0 Å². The molecule has 7 nitrogen and oxygen atoms in total. The van der Waals surface area contributed by atoms with E-state index in [2.05, 4.69) is 10.6 Å². The van der Waals surface area contributed by atoms with Crippen LogP contribution in [0.15, 0.2) is 92.5 Å². The average molecular weight is 459 g/mol. The number of carbonyl (C=O) groups is 2. The summed E-state index contributed by atoms with van der Waals surface area (Å²) in [6.07, 6.45) is 0. The third-order valence-corrected chi connectivity index (χ3v) is 5.28. The normalized spacial score (nSPS) is 10.9. The van der Waals surface area contributed by atoms with Gasteiger partial charge in [0.25, 0.3) is 11.8 Å². The van der Waals surface area contributed by atoms with E-state index < -0.39 is 17.4 Å². The summed E-state index contributed by atoms with van der Waals surface area (Å²) in [6.45, 7) is 0. The van der Waals surface area contributed by atoms with Gasteiger partial charge in [-0.3, -0.25) is 9.59 Å². The number of benzene rings is 3. The standard InChI is InChI=1S/C25H15ClN2O5/c26-15-9-11-16(12-10-15)27-24(30)22-21(17-6-2-4-8-20(17)32-22)28-23(29)18-13-14-5-1-3-7-19(14)33-25(18)31/h1-13H,(H,27,30)(H,28,29). The number of fused-ring (bicyclic) bond motifs is 2. The van der Waals surface area contributed by atoms with Crippen LogP contribution in [-0.4, -0.2) is 11.8 Å². The number of anilines is 2. The van der Waals surface area contributed by atoms with E-state index in [9.17, 15) is 14.4 Å². The maximum atomic E-state index is 13.0. The number of carbonyl (C=O) groups excluding carboxylic acids is 2. The molecule has 0 atom stereocenters. The zero-order valence-electron chi connectivity index (χ0n) is 16.9. The lowest BCUT2D eigenvalue weighted by molar-refractivity contribution is 0.0999. The molecule has 0 bridgehead atoms. The Hall–Kier alpha value is -4.36. The Balaban J connectivity index is 1.53. The van der Waals surface area contributed by atoms with Gasteiger partial charge in [0.2, 0.25) is 5.76 Å². The molecule has 0 spiro atoms. The van der Waals surface area contributed by atoms with Crippen molar-refractivity contribution in [3.63, 3.8) is 0 Å². The summed E-state index contributed by atoms with van der Waals surface area (Å²) in [4.78, 5) is 38.4. The van der Waals surface area contributed by atoms with Crippen LogP contribution in [0, 0.1) is 0 Å². The molecule has 0 fully saturated rings. The van der Waals surface area contributed by atoms with E-state index in [4.69, 9.17) is 20.4 Å². The van der Waals surface area contributed by atoms with Crippen LogP contribution >= 0.6 is 11.6 Å². The fourth-order valence-corrected chi connectivity index (χ4v) is 3.58. The molecule has 2 amide bonds. The summed E-state index contributed by atoms with van der Waals surface area (Å²) in [6, 6.07) is 21.7. The van der Waals surface area contributed by atoms with E-state index in [-0.39, 0.29) is 17.0 Å².